The minimum atomic E-state index is -4.94. The quantitative estimate of drug-likeness (QED) is 0.510. The summed E-state index contributed by atoms with van der Waals surface area (Å²) in [4.78, 5) is 5.61. The van der Waals surface area contributed by atoms with E-state index in [1.54, 1.807) is 0 Å². The number of hydrogen-bond donors (Lipinski definition) is 2. The summed E-state index contributed by atoms with van der Waals surface area (Å²) >= 11 is 0. The van der Waals surface area contributed by atoms with Crippen molar-refractivity contribution in [1.29, 1.82) is 0 Å². The smallest absolute Gasteiger partial charge is 0.387 e. The maximum Gasteiger partial charge on any atom is 0.433 e. The molecule has 1 unspecified atom stereocenters. The zero-order chi connectivity index (χ0) is 22.4. The van der Waals surface area contributed by atoms with Gasteiger partial charge in [0.2, 0.25) is 0 Å². The number of benzene rings is 1. The van der Waals surface area contributed by atoms with Crippen LogP contribution in [0.2, 0.25) is 0 Å². The van der Waals surface area contributed by atoms with Crippen LogP contribution in [0.5, 0.6) is 0 Å². The van der Waals surface area contributed by atoms with E-state index in [0.717, 1.165) is 25.1 Å². The average molecular weight is 447 g/mol. The van der Waals surface area contributed by atoms with Gasteiger partial charge in [0.1, 0.15) is 5.69 Å². The van der Waals surface area contributed by atoms with Gasteiger partial charge in [0.25, 0.3) is 0 Å². The summed E-state index contributed by atoms with van der Waals surface area (Å²) in [5.41, 5.74) is -3.76. The first-order chi connectivity index (χ1) is 14.5. The number of nitrogens with zero attached hydrogens (tertiary/aromatic N) is 2. The Balaban J connectivity index is 1.53. The van der Waals surface area contributed by atoms with Crippen LogP contribution < -0.4 is 5.32 Å². The van der Waals surface area contributed by atoms with E-state index < -0.39 is 35.2 Å². The Morgan fingerprint density at radius 3 is 2.52 bits per heavy atom. The van der Waals surface area contributed by atoms with Gasteiger partial charge in [-0.3, -0.25) is 4.90 Å². The summed E-state index contributed by atoms with van der Waals surface area (Å²) < 4.78 is 79.9. The van der Waals surface area contributed by atoms with Crippen LogP contribution in [-0.2, 0) is 12.4 Å². The van der Waals surface area contributed by atoms with Gasteiger partial charge in [-0.15, -0.1) is 0 Å². The van der Waals surface area contributed by atoms with Crippen LogP contribution in [0.3, 0.4) is 0 Å². The van der Waals surface area contributed by atoms with E-state index in [1.165, 1.54) is 25.3 Å². The molecule has 4 nitrogen and oxygen atoms in total. The molecule has 170 valence electrons. The molecule has 31 heavy (non-hydrogen) atoms. The highest BCUT2D eigenvalue weighted by Gasteiger charge is 2.38. The molecule has 2 heterocycles. The van der Waals surface area contributed by atoms with Gasteiger partial charge in [0.15, 0.2) is 0 Å². The summed E-state index contributed by atoms with van der Waals surface area (Å²) in [5.74, 6) is 0.738. The van der Waals surface area contributed by atoms with E-state index >= 15 is 0 Å². The van der Waals surface area contributed by atoms with Crippen molar-refractivity contribution in [3.05, 3.63) is 41.1 Å². The van der Waals surface area contributed by atoms with E-state index in [-0.39, 0.29) is 17.5 Å². The molecule has 1 saturated heterocycles. The minimum Gasteiger partial charge on any atom is -0.387 e. The van der Waals surface area contributed by atoms with Gasteiger partial charge in [0, 0.05) is 37.6 Å². The first kappa shape index (κ1) is 22.3. The number of rotatable bonds is 6. The van der Waals surface area contributed by atoms with E-state index in [1.807, 2.05) is 0 Å². The molecule has 3 atom stereocenters. The lowest BCUT2D eigenvalue weighted by Gasteiger charge is -2.27. The third kappa shape index (κ3) is 4.65. The number of para-hydroxylation sites is 1. The van der Waals surface area contributed by atoms with Crippen LogP contribution in [-0.4, -0.2) is 47.2 Å². The van der Waals surface area contributed by atoms with Crippen LogP contribution in [0.15, 0.2) is 24.3 Å². The minimum absolute atomic E-state index is 0.0748. The fourth-order valence-corrected chi connectivity index (χ4v) is 4.80. The number of aliphatic hydroxyl groups is 1. The molecule has 2 aliphatic rings. The maximum atomic E-state index is 13.3. The number of hydrogen-bond acceptors (Lipinski definition) is 4. The SMILES string of the molecule is OC(CNCCN1C[C@@H]2CC[C@H]1C2)c1cc(C(F)(F)F)nc2c(C(F)(F)F)cccc12. The number of aliphatic hydroxyl groups excluding tert-OH is 1. The predicted octanol–water partition coefficient (Wildman–Crippen LogP) is 4.38. The molecule has 4 rings (SSSR count). The Bertz CT molecular complexity index is 945. The van der Waals surface area contributed by atoms with Crippen molar-refractivity contribution in [2.75, 3.05) is 26.2 Å². The summed E-state index contributed by atoms with van der Waals surface area (Å²) in [6.07, 6.45) is -7.59. The van der Waals surface area contributed by atoms with Gasteiger partial charge in [-0.05, 0) is 42.9 Å². The van der Waals surface area contributed by atoms with E-state index in [2.05, 4.69) is 15.2 Å². The Morgan fingerprint density at radius 2 is 1.90 bits per heavy atom. The molecular formula is C21H23F6N3O. The van der Waals surface area contributed by atoms with E-state index in [9.17, 15) is 31.4 Å². The lowest BCUT2D eigenvalue weighted by Crippen LogP contribution is -2.38. The Labute approximate surface area is 175 Å². The highest BCUT2D eigenvalue weighted by molar-refractivity contribution is 5.86. The molecule has 1 aromatic heterocycles. The summed E-state index contributed by atoms with van der Waals surface area (Å²) in [6.45, 7) is 2.26. The monoisotopic (exact) mass is 447 g/mol. The molecule has 1 aromatic carbocycles. The molecule has 2 fully saturated rings. The fourth-order valence-electron chi connectivity index (χ4n) is 4.80. The van der Waals surface area contributed by atoms with Gasteiger partial charge in [-0.2, -0.15) is 26.3 Å². The normalized spacial score (nSPS) is 23.1. The van der Waals surface area contributed by atoms with Gasteiger partial charge in [-0.25, -0.2) is 4.98 Å². The van der Waals surface area contributed by atoms with Crippen molar-refractivity contribution in [3.63, 3.8) is 0 Å². The fraction of sp³-hybridized carbons (Fsp3) is 0.571. The average Bonchev–Trinajstić information content (AvgIpc) is 3.31. The third-order valence-corrected chi connectivity index (χ3v) is 6.26. The largest absolute Gasteiger partial charge is 0.433 e. The number of pyridine rings is 1. The first-order valence-corrected chi connectivity index (χ1v) is 10.2. The second kappa shape index (κ2) is 8.22. The molecule has 1 aliphatic carbocycles. The highest BCUT2D eigenvalue weighted by atomic mass is 19.4. The lowest BCUT2D eigenvalue weighted by molar-refractivity contribution is -0.142. The van der Waals surface area contributed by atoms with Crippen molar-refractivity contribution in [3.8, 4) is 0 Å². The number of likely N-dealkylation sites (tertiary alicyclic amines) is 1. The lowest BCUT2D eigenvalue weighted by atomic mass is 9.99. The maximum absolute atomic E-state index is 13.3. The second-order valence-corrected chi connectivity index (χ2v) is 8.34. The molecule has 1 saturated carbocycles. The number of piperidine rings is 1. The first-order valence-electron chi connectivity index (χ1n) is 10.2. The second-order valence-electron chi connectivity index (χ2n) is 8.34. The van der Waals surface area contributed by atoms with E-state index in [4.69, 9.17) is 0 Å². The molecule has 2 aromatic rings. The molecule has 1 aliphatic heterocycles. The van der Waals surface area contributed by atoms with Crippen LogP contribution in [0, 0.1) is 5.92 Å². The molecule has 10 heteroatoms. The Hall–Kier alpha value is -1.91. The van der Waals surface area contributed by atoms with Crippen molar-refractivity contribution < 1.29 is 31.4 Å². The zero-order valence-corrected chi connectivity index (χ0v) is 16.6. The predicted molar refractivity (Wildman–Crippen MR) is 102 cm³/mol. The number of aromatic nitrogens is 1. The topological polar surface area (TPSA) is 48.4 Å². The number of fused-ring (bicyclic) bond motifs is 3. The number of alkyl halides is 6. The number of halogens is 6. The summed E-state index contributed by atoms with van der Waals surface area (Å²) in [7, 11) is 0. The van der Waals surface area contributed by atoms with Crippen LogP contribution in [0.25, 0.3) is 10.9 Å². The molecule has 0 amide bonds. The molecular weight excluding hydrogens is 424 g/mol. The Morgan fingerprint density at radius 1 is 1.13 bits per heavy atom. The number of nitrogens with one attached hydrogen (secondary N) is 1. The van der Waals surface area contributed by atoms with Crippen molar-refractivity contribution in [1.82, 2.24) is 15.2 Å². The third-order valence-electron chi connectivity index (χ3n) is 6.26. The van der Waals surface area contributed by atoms with Gasteiger partial charge < -0.3 is 10.4 Å². The zero-order valence-electron chi connectivity index (χ0n) is 16.6. The van der Waals surface area contributed by atoms with Gasteiger partial charge in [0.05, 0.1) is 17.2 Å². The molecule has 0 radical (unpaired) electrons. The van der Waals surface area contributed by atoms with Crippen molar-refractivity contribution >= 4 is 10.9 Å². The highest BCUT2D eigenvalue weighted by Crippen LogP contribution is 2.39. The summed E-state index contributed by atoms with van der Waals surface area (Å²) in [6, 6.07) is 4.25. The van der Waals surface area contributed by atoms with Gasteiger partial charge in [-0.1, -0.05) is 12.1 Å². The Kier molecular flexibility index (Phi) is 5.91. The summed E-state index contributed by atoms with van der Waals surface area (Å²) in [5, 5.41) is 13.4. The van der Waals surface area contributed by atoms with Crippen molar-refractivity contribution in [2.24, 2.45) is 5.92 Å². The standard InChI is InChI=1S/C21H23F6N3O/c22-20(23,24)16-3-1-2-14-15(9-18(21(25,26)27)29-19(14)16)17(31)10-28-6-7-30-11-12-4-5-13(30)8-12/h1-3,9,12-13,17,28,31H,4-8,10-11H2/t12-,13+,17?/m1/s1. The van der Waals surface area contributed by atoms with E-state index in [0.29, 0.717) is 24.7 Å². The molecule has 2 N–H and O–H groups in total. The van der Waals surface area contributed by atoms with Crippen molar-refractivity contribution in [2.45, 2.75) is 43.8 Å². The molecule has 2 bridgehead atoms. The van der Waals surface area contributed by atoms with Gasteiger partial charge >= 0.3 is 12.4 Å². The van der Waals surface area contributed by atoms with Crippen LogP contribution in [0.4, 0.5) is 26.3 Å². The van der Waals surface area contributed by atoms with Crippen LogP contribution in [0.1, 0.15) is 42.2 Å². The molecule has 0 spiro atoms. The van der Waals surface area contributed by atoms with Crippen LogP contribution >= 0.6 is 0 Å².